The second kappa shape index (κ2) is 8.88. The van der Waals surface area contributed by atoms with Gasteiger partial charge < -0.3 is 9.67 Å². The smallest absolute Gasteiger partial charge is 0.323 e. The molecule has 1 aromatic carbocycles. The topological polar surface area (TPSA) is 68.0 Å². The van der Waals surface area contributed by atoms with Crippen LogP contribution in [0.2, 0.25) is 0 Å². The molecule has 5 aromatic rings. The van der Waals surface area contributed by atoms with Gasteiger partial charge in [-0.25, -0.2) is 9.97 Å². The molecule has 0 atom stereocenters. The first-order chi connectivity index (χ1) is 17.0. The van der Waals surface area contributed by atoms with Gasteiger partial charge in [0.15, 0.2) is 0 Å². The van der Waals surface area contributed by atoms with Gasteiger partial charge in [0.1, 0.15) is 6.54 Å². The van der Waals surface area contributed by atoms with Gasteiger partial charge in [-0.05, 0) is 73.4 Å². The third-order valence-corrected chi connectivity index (χ3v) is 9.14. The van der Waals surface area contributed by atoms with E-state index in [0.717, 1.165) is 48.9 Å². The highest BCUT2D eigenvalue weighted by Gasteiger charge is 2.28. The molecule has 7 heteroatoms. The number of rotatable bonds is 5. The number of fused-ring (bicyclic) bond motifs is 2. The fourth-order valence-electron chi connectivity index (χ4n) is 5.64. The molecule has 35 heavy (non-hydrogen) atoms. The molecule has 1 aliphatic carbocycles. The molecule has 4 heterocycles. The van der Waals surface area contributed by atoms with Gasteiger partial charge >= 0.3 is 5.97 Å². The van der Waals surface area contributed by atoms with Crippen molar-refractivity contribution in [1.82, 2.24) is 14.5 Å². The number of pyridine rings is 1. The first kappa shape index (κ1) is 22.4. The summed E-state index contributed by atoms with van der Waals surface area (Å²) >= 11 is 3.41. The van der Waals surface area contributed by atoms with Crippen molar-refractivity contribution in [1.29, 1.82) is 0 Å². The summed E-state index contributed by atoms with van der Waals surface area (Å²) in [4.78, 5) is 22.5. The average molecular weight is 502 g/mol. The van der Waals surface area contributed by atoms with Crippen LogP contribution in [0.5, 0.6) is 0 Å². The van der Waals surface area contributed by atoms with E-state index in [1.54, 1.807) is 22.7 Å². The third-order valence-electron chi connectivity index (χ3n) is 7.11. The molecule has 1 fully saturated rings. The Kier molecular flexibility index (Phi) is 5.69. The van der Waals surface area contributed by atoms with E-state index in [4.69, 9.17) is 4.98 Å². The minimum absolute atomic E-state index is 0.0332. The predicted octanol–water partition coefficient (Wildman–Crippen LogP) is 7.79. The molecule has 1 saturated carbocycles. The maximum Gasteiger partial charge on any atom is 0.323 e. The predicted molar refractivity (Wildman–Crippen MR) is 145 cm³/mol. The van der Waals surface area contributed by atoms with Crippen molar-refractivity contribution < 1.29 is 9.90 Å². The lowest BCUT2D eigenvalue weighted by atomic mass is 9.83. The summed E-state index contributed by atoms with van der Waals surface area (Å²) in [6.07, 6.45) is 6.11. The number of aryl methyl sites for hydroxylation is 2. The van der Waals surface area contributed by atoms with E-state index < -0.39 is 5.97 Å². The van der Waals surface area contributed by atoms with Crippen LogP contribution in [0.15, 0.2) is 41.8 Å². The maximum atomic E-state index is 11.9. The fourth-order valence-corrected chi connectivity index (χ4v) is 7.55. The monoisotopic (exact) mass is 501 g/mol. The highest BCUT2D eigenvalue weighted by Crippen LogP contribution is 2.46. The van der Waals surface area contributed by atoms with Crippen LogP contribution in [-0.2, 0) is 11.3 Å². The van der Waals surface area contributed by atoms with Crippen LogP contribution >= 0.6 is 22.7 Å². The minimum Gasteiger partial charge on any atom is -0.480 e. The second-order valence-electron chi connectivity index (χ2n) is 9.46. The molecule has 6 rings (SSSR count). The van der Waals surface area contributed by atoms with Crippen LogP contribution in [0.1, 0.15) is 54.3 Å². The van der Waals surface area contributed by atoms with Crippen LogP contribution in [-0.4, -0.2) is 25.6 Å². The third kappa shape index (κ3) is 3.96. The number of thiazole rings is 1. The van der Waals surface area contributed by atoms with Gasteiger partial charge in [0.05, 0.1) is 42.7 Å². The van der Waals surface area contributed by atoms with Gasteiger partial charge in [0.25, 0.3) is 0 Å². The molecule has 0 saturated heterocycles. The van der Waals surface area contributed by atoms with Gasteiger partial charge in [-0.3, -0.25) is 4.79 Å². The first-order valence-corrected chi connectivity index (χ1v) is 13.9. The summed E-state index contributed by atoms with van der Waals surface area (Å²) in [6, 6.07) is 12.7. The van der Waals surface area contributed by atoms with Crippen LogP contribution in [0, 0.1) is 13.8 Å². The summed E-state index contributed by atoms with van der Waals surface area (Å²) < 4.78 is 3.27. The SMILES string of the molecule is Cc1nc(C)c(-c2ccc3cc(-c4c(C5CCCCC5)c5sccc5n4CC(=O)O)ccc3n2)s1. The standard InChI is InChI=1S/C28H27N3O2S2/c1-16-27(35-17(2)29-16)22-11-8-19-14-20(9-10-21(19)30-22)26-25(18-6-4-3-5-7-18)28-23(12-13-34-28)31(26)15-24(32)33/h8-14,18H,3-7,15H2,1-2H3,(H,32,33). The highest BCUT2D eigenvalue weighted by atomic mass is 32.1. The number of carboxylic acids is 1. The number of benzene rings is 1. The van der Waals surface area contributed by atoms with E-state index in [1.165, 1.54) is 42.4 Å². The average Bonchev–Trinajstić information content (AvgIpc) is 3.53. The Morgan fingerprint density at radius 1 is 1.09 bits per heavy atom. The molecule has 0 spiro atoms. The van der Waals surface area contributed by atoms with Gasteiger partial charge in [-0.2, -0.15) is 0 Å². The number of aliphatic carboxylic acids is 1. The van der Waals surface area contributed by atoms with Crippen molar-refractivity contribution in [3.05, 3.63) is 58.0 Å². The van der Waals surface area contributed by atoms with E-state index >= 15 is 0 Å². The molecule has 0 radical (unpaired) electrons. The minimum atomic E-state index is -0.813. The van der Waals surface area contributed by atoms with Crippen molar-refractivity contribution in [3.63, 3.8) is 0 Å². The lowest BCUT2D eigenvalue weighted by molar-refractivity contribution is -0.137. The van der Waals surface area contributed by atoms with Crippen molar-refractivity contribution in [2.45, 2.75) is 58.4 Å². The zero-order chi connectivity index (χ0) is 24.1. The van der Waals surface area contributed by atoms with E-state index in [0.29, 0.717) is 5.92 Å². The highest BCUT2D eigenvalue weighted by molar-refractivity contribution is 7.17. The molecule has 5 nitrogen and oxygen atoms in total. The Morgan fingerprint density at radius 2 is 1.91 bits per heavy atom. The van der Waals surface area contributed by atoms with Crippen molar-refractivity contribution in [2.75, 3.05) is 0 Å². The van der Waals surface area contributed by atoms with Crippen molar-refractivity contribution in [2.24, 2.45) is 0 Å². The normalized spacial score (nSPS) is 14.8. The zero-order valence-corrected chi connectivity index (χ0v) is 21.5. The van der Waals surface area contributed by atoms with Crippen LogP contribution in [0.25, 0.3) is 42.9 Å². The summed E-state index contributed by atoms with van der Waals surface area (Å²) in [5.74, 6) is -0.337. The molecule has 178 valence electrons. The maximum absolute atomic E-state index is 11.9. The number of carboxylic acid groups (broad SMARTS) is 1. The summed E-state index contributed by atoms with van der Waals surface area (Å²) in [5.41, 5.74) is 7.43. The summed E-state index contributed by atoms with van der Waals surface area (Å²) in [6.45, 7) is 4.02. The first-order valence-electron chi connectivity index (χ1n) is 12.2. The number of nitrogens with zero attached hydrogens (tertiary/aromatic N) is 3. The lowest BCUT2D eigenvalue weighted by Gasteiger charge is -2.23. The van der Waals surface area contributed by atoms with Crippen LogP contribution < -0.4 is 0 Å². The van der Waals surface area contributed by atoms with Crippen molar-refractivity contribution in [3.8, 4) is 21.8 Å². The van der Waals surface area contributed by atoms with Gasteiger partial charge in [0.2, 0.25) is 0 Å². The summed E-state index contributed by atoms with van der Waals surface area (Å²) in [7, 11) is 0. The quantitative estimate of drug-likeness (QED) is 0.267. The Labute approximate surface area is 212 Å². The van der Waals surface area contributed by atoms with E-state index in [1.807, 2.05) is 18.4 Å². The number of hydrogen-bond acceptors (Lipinski definition) is 5. The number of carbonyl (C=O) groups is 1. The second-order valence-corrected chi connectivity index (χ2v) is 11.6. The molecule has 0 bridgehead atoms. The molecular formula is C28H27N3O2S2. The Balaban J connectivity index is 1.52. The van der Waals surface area contributed by atoms with Gasteiger partial charge in [-0.15, -0.1) is 22.7 Å². The number of thiophene rings is 1. The van der Waals surface area contributed by atoms with E-state index in [9.17, 15) is 9.90 Å². The zero-order valence-electron chi connectivity index (χ0n) is 19.9. The molecule has 0 amide bonds. The number of aromatic nitrogens is 3. The molecule has 4 aromatic heterocycles. The summed E-state index contributed by atoms with van der Waals surface area (Å²) in [5, 5.41) is 14.0. The molecule has 0 aliphatic heterocycles. The van der Waals surface area contributed by atoms with Gasteiger partial charge in [-0.1, -0.05) is 31.4 Å². The molecule has 1 N–H and O–H groups in total. The molecule has 0 unspecified atom stereocenters. The largest absolute Gasteiger partial charge is 0.480 e. The Morgan fingerprint density at radius 3 is 2.66 bits per heavy atom. The van der Waals surface area contributed by atoms with Gasteiger partial charge in [0, 0.05) is 5.39 Å². The lowest BCUT2D eigenvalue weighted by Crippen LogP contribution is -2.11. The Bertz CT molecular complexity index is 1570. The van der Waals surface area contributed by atoms with E-state index in [-0.39, 0.29) is 6.54 Å². The Hall–Kier alpha value is -3.03. The van der Waals surface area contributed by atoms with Crippen LogP contribution in [0.3, 0.4) is 0 Å². The molecule has 1 aliphatic rings. The van der Waals surface area contributed by atoms with Crippen molar-refractivity contribution >= 4 is 49.8 Å². The van der Waals surface area contributed by atoms with Crippen LogP contribution in [0.4, 0.5) is 0 Å². The fraction of sp³-hybridized carbons (Fsp3) is 0.321. The molecular weight excluding hydrogens is 474 g/mol. The van der Waals surface area contributed by atoms with E-state index in [2.05, 4.69) is 46.8 Å². The number of hydrogen-bond donors (Lipinski definition) is 1.